The Kier molecular flexibility index (Phi) is 6.09. The summed E-state index contributed by atoms with van der Waals surface area (Å²) in [6.07, 6.45) is -0.441. The van der Waals surface area contributed by atoms with Crippen molar-refractivity contribution in [2.45, 2.75) is 69.1 Å². The largest absolute Gasteiger partial charge is 0.480 e. The van der Waals surface area contributed by atoms with E-state index >= 15 is 0 Å². The number of fused-ring (bicyclic) bond motifs is 4. The molecule has 3 atom stereocenters. The van der Waals surface area contributed by atoms with Crippen LogP contribution in [0.25, 0.3) is 16.6 Å². The minimum absolute atomic E-state index is 0.246. The van der Waals surface area contributed by atoms with Crippen molar-refractivity contribution in [3.8, 4) is 5.69 Å². The van der Waals surface area contributed by atoms with Crippen molar-refractivity contribution in [3.63, 3.8) is 0 Å². The molecule has 1 N–H and O–H groups in total. The van der Waals surface area contributed by atoms with Gasteiger partial charge in [0.15, 0.2) is 5.60 Å². The summed E-state index contributed by atoms with van der Waals surface area (Å²) in [6, 6.07) is 10.2. The second kappa shape index (κ2) is 8.87. The van der Waals surface area contributed by atoms with Gasteiger partial charge in [0.05, 0.1) is 17.4 Å². The van der Waals surface area contributed by atoms with Crippen molar-refractivity contribution in [3.05, 3.63) is 59.5 Å². The molecule has 0 radical (unpaired) electrons. The Morgan fingerprint density at radius 3 is 2.64 bits per heavy atom. The second-order valence-corrected chi connectivity index (χ2v) is 10.1. The Bertz CT molecular complexity index is 1290. The lowest BCUT2D eigenvalue weighted by Crippen LogP contribution is -2.56. The number of carboxylic acid groups (broad SMARTS) is 1. The summed E-state index contributed by atoms with van der Waals surface area (Å²) in [4.78, 5) is 11.1. The van der Waals surface area contributed by atoms with E-state index in [0.29, 0.717) is 12.8 Å². The molecule has 0 amide bonds. The SMILES string of the molecule is CC[C@]12CC[C@@](OCC(=O)O)(C(F)(F)F)C[C@H]1CCCc1cc3c(cnn3-c3ccc(F)cc3)cc12. The molecule has 5 nitrogen and oxygen atoms in total. The first kappa shape index (κ1) is 24.7. The molecule has 1 saturated carbocycles. The van der Waals surface area contributed by atoms with Crippen LogP contribution < -0.4 is 0 Å². The number of carbonyl (C=O) groups is 1. The molecule has 2 aliphatic rings. The van der Waals surface area contributed by atoms with Crippen molar-refractivity contribution in [1.29, 1.82) is 0 Å². The van der Waals surface area contributed by atoms with Gasteiger partial charge in [-0.25, -0.2) is 13.9 Å². The predicted molar refractivity (Wildman–Crippen MR) is 126 cm³/mol. The lowest BCUT2D eigenvalue weighted by Gasteiger charge is -2.51. The molecule has 1 fully saturated rings. The van der Waals surface area contributed by atoms with E-state index in [1.54, 1.807) is 23.0 Å². The topological polar surface area (TPSA) is 64.3 Å². The van der Waals surface area contributed by atoms with E-state index < -0.39 is 29.8 Å². The molecule has 36 heavy (non-hydrogen) atoms. The fraction of sp³-hybridized carbons (Fsp3) is 0.481. The first-order valence-electron chi connectivity index (χ1n) is 12.3. The monoisotopic (exact) mass is 504 g/mol. The lowest BCUT2D eigenvalue weighted by molar-refractivity contribution is -0.296. The van der Waals surface area contributed by atoms with Gasteiger partial charge in [-0.2, -0.15) is 18.3 Å². The van der Waals surface area contributed by atoms with Gasteiger partial charge in [-0.05, 0) is 104 Å². The molecule has 0 unspecified atom stereocenters. The molecule has 1 heterocycles. The minimum Gasteiger partial charge on any atom is -0.480 e. The number of benzene rings is 2. The third-order valence-corrected chi connectivity index (χ3v) is 8.35. The van der Waals surface area contributed by atoms with Crippen molar-refractivity contribution in [1.82, 2.24) is 9.78 Å². The smallest absolute Gasteiger partial charge is 0.417 e. The van der Waals surface area contributed by atoms with E-state index in [1.165, 1.54) is 12.1 Å². The number of aromatic nitrogens is 2. The van der Waals surface area contributed by atoms with Gasteiger partial charge < -0.3 is 9.84 Å². The standard InChI is InChI=1S/C27H28F4N2O3/c1-2-25-10-11-26(27(29,30)31,36-16-24(34)35)14-19(25)5-3-4-17-13-23-18(12-22(17)25)15-32-33(23)21-8-6-20(28)7-9-21/h6-9,12-13,15,19H,2-5,10-11,14,16H2,1H3,(H,34,35)/t19-,25+,26+/m1/s1. The molecule has 9 heteroatoms. The molecular weight excluding hydrogens is 476 g/mol. The summed E-state index contributed by atoms with van der Waals surface area (Å²) in [5.41, 5.74) is 0.853. The van der Waals surface area contributed by atoms with Crippen LogP contribution in [0.1, 0.15) is 56.6 Å². The van der Waals surface area contributed by atoms with E-state index in [0.717, 1.165) is 40.6 Å². The molecule has 2 aromatic carbocycles. The van der Waals surface area contributed by atoms with Gasteiger partial charge in [0, 0.05) is 5.39 Å². The maximum Gasteiger partial charge on any atom is 0.417 e. The van der Waals surface area contributed by atoms with Crippen LogP contribution >= 0.6 is 0 Å². The van der Waals surface area contributed by atoms with Crippen molar-refractivity contribution >= 4 is 16.9 Å². The first-order chi connectivity index (χ1) is 17.1. The molecule has 0 saturated heterocycles. The summed E-state index contributed by atoms with van der Waals surface area (Å²) < 4.78 is 63.1. The normalized spacial score (nSPS) is 26.3. The lowest BCUT2D eigenvalue weighted by atomic mass is 9.56. The van der Waals surface area contributed by atoms with E-state index in [9.17, 15) is 22.4 Å². The molecule has 0 spiro atoms. The summed E-state index contributed by atoms with van der Waals surface area (Å²) in [5, 5.41) is 14.4. The molecule has 2 aliphatic carbocycles. The van der Waals surface area contributed by atoms with Crippen molar-refractivity contribution in [2.75, 3.05) is 6.61 Å². The van der Waals surface area contributed by atoms with Gasteiger partial charge in [-0.3, -0.25) is 0 Å². The zero-order valence-electron chi connectivity index (χ0n) is 19.9. The van der Waals surface area contributed by atoms with Crippen molar-refractivity contribution < 1.29 is 32.2 Å². The first-order valence-corrected chi connectivity index (χ1v) is 12.3. The Balaban J connectivity index is 1.57. The summed E-state index contributed by atoms with van der Waals surface area (Å²) in [5.74, 6) is -2.03. The number of rotatable bonds is 5. The number of alkyl halides is 3. The van der Waals surface area contributed by atoms with Crippen LogP contribution in [-0.2, 0) is 21.4 Å². The third kappa shape index (κ3) is 3.97. The van der Waals surface area contributed by atoms with Gasteiger partial charge in [0.2, 0.25) is 0 Å². The van der Waals surface area contributed by atoms with Crippen LogP contribution in [0.15, 0.2) is 42.6 Å². The van der Waals surface area contributed by atoms with Gasteiger partial charge >= 0.3 is 12.1 Å². The summed E-state index contributed by atoms with van der Waals surface area (Å²) in [7, 11) is 0. The molecule has 3 aromatic rings. The van der Waals surface area contributed by atoms with E-state index in [-0.39, 0.29) is 31.0 Å². The maximum absolute atomic E-state index is 14.3. The highest BCUT2D eigenvalue weighted by molar-refractivity contribution is 5.82. The van der Waals surface area contributed by atoms with Crippen LogP contribution in [0.5, 0.6) is 0 Å². The fourth-order valence-electron chi connectivity index (χ4n) is 6.50. The minimum atomic E-state index is -4.66. The quantitative estimate of drug-likeness (QED) is 0.411. The molecule has 1 aromatic heterocycles. The second-order valence-electron chi connectivity index (χ2n) is 10.1. The zero-order chi connectivity index (χ0) is 25.7. The average Bonchev–Trinajstić information content (AvgIpc) is 3.18. The Morgan fingerprint density at radius 1 is 1.22 bits per heavy atom. The Labute approximate surface area is 206 Å². The number of halogens is 4. The van der Waals surface area contributed by atoms with Gasteiger partial charge in [0.1, 0.15) is 12.4 Å². The number of hydrogen-bond acceptors (Lipinski definition) is 3. The highest BCUT2D eigenvalue weighted by atomic mass is 19.4. The number of aliphatic carboxylic acids is 1. The van der Waals surface area contributed by atoms with Crippen LogP contribution in [-0.4, -0.2) is 39.2 Å². The Hall–Kier alpha value is -2.94. The number of ether oxygens (including phenoxy) is 1. The van der Waals surface area contributed by atoms with Crippen LogP contribution in [0.4, 0.5) is 17.6 Å². The van der Waals surface area contributed by atoms with E-state index in [4.69, 9.17) is 9.84 Å². The van der Waals surface area contributed by atoms with E-state index in [2.05, 4.69) is 17.2 Å². The zero-order valence-corrected chi connectivity index (χ0v) is 19.9. The average molecular weight is 505 g/mol. The highest BCUT2D eigenvalue weighted by Gasteiger charge is 2.62. The van der Waals surface area contributed by atoms with Crippen LogP contribution in [0.2, 0.25) is 0 Å². The number of hydrogen-bond donors (Lipinski definition) is 1. The number of aryl methyl sites for hydroxylation is 1. The van der Waals surface area contributed by atoms with Crippen LogP contribution in [0.3, 0.4) is 0 Å². The van der Waals surface area contributed by atoms with E-state index in [1.807, 2.05) is 6.92 Å². The third-order valence-electron chi connectivity index (χ3n) is 8.35. The van der Waals surface area contributed by atoms with Gasteiger partial charge in [-0.15, -0.1) is 0 Å². The summed E-state index contributed by atoms with van der Waals surface area (Å²) >= 11 is 0. The highest BCUT2D eigenvalue weighted by Crippen LogP contribution is 2.58. The number of nitrogens with zero attached hydrogens (tertiary/aromatic N) is 2. The predicted octanol–water partition coefficient (Wildman–Crippen LogP) is 6.35. The molecule has 5 rings (SSSR count). The van der Waals surface area contributed by atoms with Gasteiger partial charge in [0.25, 0.3) is 0 Å². The fourth-order valence-corrected chi connectivity index (χ4v) is 6.50. The molecule has 0 aliphatic heterocycles. The molecule has 192 valence electrons. The van der Waals surface area contributed by atoms with Crippen molar-refractivity contribution in [2.24, 2.45) is 5.92 Å². The van der Waals surface area contributed by atoms with Gasteiger partial charge in [-0.1, -0.05) is 6.92 Å². The van der Waals surface area contributed by atoms with Crippen LogP contribution in [0, 0.1) is 11.7 Å². The molecule has 0 bridgehead atoms. The number of carboxylic acids is 1. The maximum atomic E-state index is 14.3. The summed E-state index contributed by atoms with van der Waals surface area (Å²) in [6.45, 7) is 1.05. The Morgan fingerprint density at radius 2 is 1.97 bits per heavy atom. The molecular formula is C27H28F4N2O3.